The summed E-state index contributed by atoms with van der Waals surface area (Å²) in [6, 6.07) is 18.0. The van der Waals surface area contributed by atoms with Gasteiger partial charge in [-0.15, -0.1) is 0 Å². The summed E-state index contributed by atoms with van der Waals surface area (Å²) in [5, 5.41) is 1.77. The van der Waals surface area contributed by atoms with E-state index in [4.69, 9.17) is 55.2 Å². The molecule has 1 fully saturated rings. The summed E-state index contributed by atoms with van der Waals surface area (Å²) in [5.74, 6) is 2.32. The lowest BCUT2D eigenvalue weighted by molar-refractivity contribution is -0.112. The molecule has 2 aromatic carbocycles. The first-order chi connectivity index (χ1) is 16.9. The molecule has 4 aromatic rings. The number of allylic oxidation sites excluding steroid dienone is 2. The van der Waals surface area contributed by atoms with Crippen LogP contribution < -0.4 is 0 Å². The van der Waals surface area contributed by atoms with Crippen molar-refractivity contribution in [2.75, 3.05) is 0 Å². The third kappa shape index (κ3) is 5.00. The second-order valence-corrected chi connectivity index (χ2v) is 9.70. The van der Waals surface area contributed by atoms with Gasteiger partial charge in [-0.2, -0.15) is 0 Å². The van der Waals surface area contributed by atoms with Gasteiger partial charge in [-0.25, -0.2) is 0 Å². The molecule has 3 nitrogen and oxygen atoms in total. The van der Waals surface area contributed by atoms with Crippen molar-refractivity contribution >= 4 is 64.3 Å². The first kappa shape index (κ1) is 24.0. The van der Waals surface area contributed by atoms with E-state index >= 15 is 0 Å². The molecular formula is C28H18Cl4O3. The van der Waals surface area contributed by atoms with Gasteiger partial charge < -0.3 is 8.83 Å². The van der Waals surface area contributed by atoms with Crippen molar-refractivity contribution in [3.8, 4) is 22.6 Å². The van der Waals surface area contributed by atoms with Gasteiger partial charge in [-0.1, -0.05) is 58.5 Å². The summed E-state index contributed by atoms with van der Waals surface area (Å²) in [5.41, 5.74) is 2.77. The van der Waals surface area contributed by atoms with Gasteiger partial charge in [0, 0.05) is 22.3 Å². The highest BCUT2D eigenvalue weighted by Crippen LogP contribution is 2.37. The molecule has 0 aliphatic heterocycles. The Labute approximate surface area is 222 Å². The van der Waals surface area contributed by atoms with Crippen LogP contribution >= 0.6 is 46.4 Å². The smallest absolute Gasteiger partial charge is 0.185 e. The number of ketones is 1. The highest BCUT2D eigenvalue weighted by molar-refractivity contribution is 6.44. The number of carbonyl (C=O) groups is 1. The maximum Gasteiger partial charge on any atom is 0.185 e. The molecule has 0 radical (unpaired) electrons. The fourth-order valence-corrected chi connectivity index (χ4v) is 4.85. The number of halogens is 4. The lowest BCUT2D eigenvalue weighted by atomic mass is 9.88. The van der Waals surface area contributed by atoms with E-state index in [9.17, 15) is 4.79 Å². The molecule has 1 aliphatic rings. The summed E-state index contributed by atoms with van der Waals surface area (Å²) >= 11 is 24.9. The number of furan rings is 2. The molecule has 35 heavy (non-hydrogen) atoms. The van der Waals surface area contributed by atoms with Gasteiger partial charge >= 0.3 is 0 Å². The van der Waals surface area contributed by atoms with E-state index < -0.39 is 0 Å². The van der Waals surface area contributed by atoms with E-state index in [1.807, 2.05) is 48.5 Å². The van der Waals surface area contributed by atoms with Crippen molar-refractivity contribution in [3.05, 3.63) is 103 Å². The summed E-state index contributed by atoms with van der Waals surface area (Å²) in [4.78, 5) is 13.2. The summed E-state index contributed by atoms with van der Waals surface area (Å²) in [6.45, 7) is 0. The summed E-state index contributed by atoms with van der Waals surface area (Å²) in [7, 11) is 0. The highest BCUT2D eigenvalue weighted by atomic mass is 35.5. The van der Waals surface area contributed by atoms with Crippen molar-refractivity contribution in [1.82, 2.24) is 0 Å². The molecule has 176 valence electrons. The van der Waals surface area contributed by atoms with Gasteiger partial charge in [-0.05, 0) is 79.9 Å². The van der Waals surface area contributed by atoms with E-state index in [1.54, 1.807) is 24.3 Å². The molecular weight excluding hydrogens is 526 g/mol. The average molecular weight is 544 g/mol. The molecule has 0 N–H and O–H groups in total. The zero-order valence-corrected chi connectivity index (χ0v) is 21.3. The maximum absolute atomic E-state index is 13.2. The molecule has 5 rings (SSSR count). The van der Waals surface area contributed by atoms with Crippen LogP contribution in [-0.2, 0) is 4.79 Å². The van der Waals surface area contributed by atoms with Crippen LogP contribution in [0.1, 0.15) is 30.8 Å². The van der Waals surface area contributed by atoms with Crippen LogP contribution in [0.3, 0.4) is 0 Å². The van der Waals surface area contributed by atoms with Crippen molar-refractivity contribution in [2.24, 2.45) is 0 Å². The van der Waals surface area contributed by atoms with Crippen LogP contribution in [0.25, 0.3) is 34.8 Å². The minimum atomic E-state index is -0.0197. The lowest BCUT2D eigenvalue weighted by Gasteiger charge is -2.15. The van der Waals surface area contributed by atoms with E-state index in [0.29, 0.717) is 78.2 Å². The molecule has 0 atom stereocenters. The zero-order valence-electron chi connectivity index (χ0n) is 18.3. The second kappa shape index (κ2) is 10.1. The quantitative estimate of drug-likeness (QED) is 0.240. The number of rotatable bonds is 4. The Morgan fingerprint density at radius 2 is 1.09 bits per heavy atom. The summed E-state index contributed by atoms with van der Waals surface area (Å²) < 4.78 is 11.9. The Morgan fingerprint density at radius 3 is 1.54 bits per heavy atom. The van der Waals surface area contributed by atoms with Gasteiger partial charge in [0.2, 0.25) is 0 Å². The molecule has 2 heterocycles. The Morgan fingerprint density at radius 1 is 0.629 bits per heavy atom. The SMILES string of the molecule is O=C1/C(=C\c2ccc(-c3cccc(Cl)c3Cl)o2)CCC/C1=C/c1ccc(-c2cccc(Cl)c2Cl)o1. The van der Waals surface area contributed by atoms with Gasteiger partial charge in [0.15, 0.2) is 5.78 Å². The number of hydrogen-bond donors (Lipinski definition) is 0. The Hall–Kier alpha value is -2.69. The highest BCUT2D eigenvalue weighted by Gasteiger charge is 2.22. The summed E-state index contributed by atoms with van der Waals surface area (Å²) in [6.07, 6.45) is 5.77. The lowest BCUT2D eigenvalue weighted by Crippen LogP contribution is -2.12. The van der Waals surface area contributed by atoms with Crippen molar-refractivity contribution in [2.45, 2.75) is 19.3 Å². The Bertz CT molecular complexity index is 1380. The Balaban J connectivity index is 1.39. The van der Waals surface area contributed by atoms with Gasteiger partial charge in [0.25, 0.3) is 0 Å². The van der Waals surface area contributed by atoms with Crippen LogP contribution in [0, 0.1) is 0 Å². The van der Waals surface area contributed by atoms with Crippen LogP contribution in [0.2, 0.25) is 20.1 Å². The first-order valence-electron chi connectivity index (χ1n) is 10.9. The number of hydrogen-bond acceptors (Lipinski definition) is 3. The zero-order chi connectivity index (χ0) is 24.5. The third-order valence-electron chi connectivity index (χ3n) is 5.80. The molecule has 0 saturated heterocycles. The predicted molar refractivity (Wildman–Crippen MR) is 143 cm³/mol. The first-order valence-corrected chi connectivity index (χ1v) is 12.5. The van der Waals surface area contributed by atoms with Gasteiger partial charge in [0.05, 0.1) is 20.1 Å². The molecule has 1 saturated carbocycles. The topological polar surface area (TPSA) is 43.4 Å². The van der Waals surface area contributed by atoms with E-state index in [1.165, 1.54) is 0 Å². The minimum Gasteiger partial charge on any atom is -0.457 e. The Kier molecular flexibility index (Phi) is 6.95. The van der Waals surface area contributed by atoms with E-state index in [-0.39, 0.29) is 5.78 Å². The fraction of sp³-hybridized carbons (Fsp3) is 0.107. The number of benzene rings is 2. The largest absolute Gasteiger partial charge is 0.457 e. The van der Waals surface area contributed by atoms with Gasteiger partial charge in [-0.3, -0.25) is 4.79 Å². The van der Waals surface area contributed by atoms with Crippen molar-refractivity contribution < 1.29 is 13.6 Å². The normalized spacial score (nSPS) is 16.4. The molecule has 2 aromatic heterocycles. The molecule has 0 unspecified atom stereocenters. The van der Waals surface area contributed by atoms with E-state index in [0.717, 1.165) is 6.42 Å². The fourth-order valence-electron chi connectivity index (χ4n) is 4.06. The molecule has 1 aliphatic carbocycles. The number of carbonyl (C=O) groups excluding carboxylic acids is 1. The molecule has 0 amide bonds. The molecule has 7 heteroatoms. The van der Waals surface area contributed by atoms with E-state index in [2.05, 4.69) is 0 Å². The predicted octanol–water partition coefficient (Wildman–Crippen LogP) is 10.0. The monoisotopic (exact) mass is 542 g/mol. The van der Waals surface area contributed by atoms with Crippen LogP contribution in [0.5, 0.6) is 0 Å². The third-order valence-corrected chi connectivity index (χ3v) is 7.43. The van der Waals surface area contributed by atoms with Gasteiger partial charge in [0.1, 0.15) is 23.0 Å². The maximum atomic E-state index is 13.2. The molecule has 0 bridgehead atoms. The second-order valence-electron chi connectivity index (χ2n) is 8.13. The molecule has 0 spiro atoms. The minimum absolute atomic E-state index is 0.0197. The number of Topliss-reactive ketones (excluding diaryl/α,β-unsaturated/α-hetero) is 1. The van der Waals surface area contributed by atoms with Crippen molar-refractivity contribution in [3.63, 3.8) is 0 Å². The van der Waals surface area contributed by atoms with Crippen molar-refractivity contribution in [1.29, 1.82) is 0 Å². The van der Waals surface area contributed by atoms with Crippen LogP contribution in [0.4, 0.5) is 0 Å². The standard InChI is InChI=1S/C28H18Cl4O3/c29-22-8-2-6-20(26(22)31)24-12-10-18(34-24)14-16-4-1-5-17(28(16)33)15-19-11-13-25(35-19)21-7-3-9-23(30)27(21)32/h2-3,6-15H,1,4-5H2/b16-14-,17-15-. The van der Waals surface area contributed by atoms with Crippen LogP contribution in [0.15, 0.2) is 80.6 Å². The van der Waals surface area contributed by atoms with Crippen LogP contribution in [-0.4, -0.2) is 5.78 Å². The average Bonchev–Trinajstić information content (AvgIpc) is 3.50.